The third-order valence-corrected chi connectivity index (χ3v) is 4.29. The Balaban J connectivity index is 1.79. The van der Waals surface area contributed by atoms with Crippen LogP contribution in [0.25, 0.3) is 0 Å². The summed E-state index contributed by atoms with van der Waals surface area (Å²) in [6.07, 6.45) is 1.09. The summed E-state index contributed by atoms with van der Waals surface area (Å²) in [5.74, 6) is 3.19. The topological polar surface area (TPSA) is 79.6 Å². The van der Waals surface area contributed by atoms with Gasteiger partial charge in [0.15, 0.2) is 11.8 Å². The SMILES string of the molecule is Cc1nnc(CN=C(NCCCN2CCOCC2)NCC(C)C)n1C. The summed E-state index contributed by atoms with van der Waals surface area (Å²) in [4.78, 5) is 7.11. The lowest BCUT2D eigenvalue weighted by Crippen LogP contribution is -2.41. The maximum Gasteiger partial charge on any atom is 0.191 e. The van der Waals surface area contributed by atoms with Gasteiger partial charge >= 0.3 is 0 Å². The predicted molar refractivity (Wildman–Crippen MR) is 99.6 cm³/mol. The van der Waals surface area contributed by atoms with E-state index in [9.17, 15) is 0 Å². The molecule has 1 saturated heterocycles. The first-order chi connectivity index (χ1) is 12.1. The van der Waals surface area contributed by atoms with Crippen molar-refractivity contribution in [3.05, 3.63) is 11.6 Å². The molecular formula is C17H33N7O. The molecule has 0 radical (unpaired) electrons. The van der Waals surface area contributed by atoms with E-state index in [-0.39, 0.29) is 0 Å². The largest absolute Gasteiger partial charge is 0.379 e. The highest BCUT2D eigenvalue weighted by atomic mass is 16.5. The number of aromatic nitrogens is 3. The average molecular weight is 351 g/mol. The lowest BCUT2D eigenvalue weighted by molar-refractivity contribution is 0.0376. The van der Waals surface area contributed by atoms with Crippen molar-refractivity contribution >= 4 is 5.96 Å². The summed E-state index contributed by atoms with van der Waals surface area (Å²) in [5, 5.41) is 15.1. The molecule has 0 unspecified atom stereocenters. The maximum absolute atomic E-state index is 5.38. The lowest BCUT2D eigenvalue weighted by Gasteiger charge is -2.26. The number of hydrogen-bond donors (Lipinski definition) is 2. The standard InChI is InChI=1S/C17H33N7O/c1-14(2)12-19-17(20-13-16-22-21-15(3)23(16)4)18-6-5-7-24-8-10-25-11-9-24/h14H,5-13H2,1-4H3,(H2,18,19,20). The van der Waals surface area contributed by atoms with Crippen LogP contribution in [0.3, 0.4) is 0 Å². The third kappa shape index (κ3) is 6.99. The van der Waals surface area contributed by atoms with Crippen LogP contribution >= 0.6 is 0 Å². The summed E-state index contributed by atoms with van der Waals surface area (Å²) in [7, 11) is 1.97. The first kappa shape index (κ1) is 19.7. The number of rotatable bonds is 8. The molecule has 142 valence electrons. The van der Waals surface area contributed by atoms with E-state index in [4.69, 9.17) is 4.74 Å². The van der Waals surface area contributed by atoms with E-state index in [0.29, 0.717) is 12.5 Å². The number of aryl methyl sites for hydroxylation is 1. The molecule has 1 aliphatic heterocycles. The quantitative estimate of drug-likeness (QED) is 0.404. The molecule has 0 atom stereocenters. The van der Waals surface area contributed by atoms with E-state index < -0.39 is 0 Å². The number of nitrogens with zero attached hydrogens (tertiary/aromatic N) is 5. The van der Waals surface area contributed by atoms with Gasteiger partial charge in [-0.05, 0) is 25.8 Å². The van der Waals surface area contributed by atoms with E-state index >= 15 is 0 Å². The second-order valence-corrected chi connectivity index (χ2v) is 6.90. The predicted octanol–water partition coefficient (Wildman–Crippen LogP) is 0.537. The van der Waals surface area contributed by atoms with Crippen molar-refractivity contribution < 1.29 is 4.74 Å². The van der Waals surface area contributed by atoms with Gasteiger partial charge in [-0.3, -0.25) is 4.90 Å². The molecule has 0 aliphatic carbocycles. The smallest absolute Gasteiger partial charge is 0.191 e. The molecule has 0 aromatic carbocycles. The van der Waals surface area contributed by atoms with Crippen molar-refractivity contribution in [2.75, 3.05) is 45.9 Å². The van der Waals surface area contributed by atoms with E-state index in [0.717, 1.165) is 70.0 Å². The van der Waals surface area contributed by atoms with Crippen molar-refractivity contribution in [2.45, 2.75) is 33.7 Å². The van der Waals surface area contributed by atoms with Crippen LogP contribution in [0.15, 0.2) is 4.99 Å². The van der Waals surface area contributed by atoms with Gasteiger partial charge in [0.05, 0.1) is 13.2 Å². The summed E-state index contributed by atoms with van der Waals surface area (Å²) in [5.41, 5.74) is 0. The van der Waals surface area contributed by atoms with Gasteiger partial charge in [0, 0.05) is 33.2 Å². The fraction of sp³-hybridized carbons (Fsp3) is 0.824. The summed E-state index contributed by atoms with van der Waals surface area (Å²) < 4.78 is 7.36. The van der Waals surface area contributed by atoms with Gasteiger partial charge in [-0.2, -0.15) is 0 Å². The van der Waals surface area contributed by atoms with Crippen LogP contribution in [0, 0.1) is 12.8 Å². The van der Waals surface area contributed by atoms with E-state index in [1.54, 1.807) is 0 Å². The van der Waals surface area contributed by atoms with E-state index in [1.165, 1.54) is 0 Å². The minimum Gasteiger partial charge on any atom is -0.379 e. The minimum atomic E-state index is 0.522. The summed E-state index contributed by atoms with van der Waals surface area (Å²) in [6.45, 7) is 13.5. The Bertz CT molecular complexity index is 535. The first-order valence-corrected chi connectivity index (χ1v) is 9.23. The normalized spacial score (nSPS) is 16.4. The Labute approximate surface area is 151 Å². The molecule has 1 aromatic heterocycles. The van der Waals surface area contributed by atoms with Gasteiger partial charge in [-0.1, -0.05) is 13.8 Å². The molecule has 1 aromatic rings. The number of hydrogen-bond acceptors (Lipinski definition) is 5. The Morgan fingerprint density at radius 1 is 1.24 bits per heavy atom. The fourth-order valence-corrected chi connectivity index (χ4v) is 2.55. The summed E-state index contributed by atoms with van der Waals surface area (Å²) >= 11 is 0. The highest BCUT2D eigenvalue weighted by Gasteiger charge is 2.10. The molecule has 2 rings (SSSR count). The van der Waals surface area contributed by atoms with Crippen LogP contribution in [0.1, 0.15) is 31.9 Å². The average Bonchev–Trinajstić information content (AvgIpc) is 2.93. The molecule has 1 aliphatic rings. The van der Waals surface area contributed by atoms with Gasteiger partial charge in [-0.15, -0.1) is 10.2 Å². The van der Waals surface area contributed by atoms with E-state index in [1.807, 2.05) is 18.5 Å². The van der Waals surface area contributed by atoms with E-state index in [2.05, 4.69) is 44.6 Å². The molecule has 2 N–H and O–H groups in total. The van der Waals surface area contributed by atoms with Gasteiger partial charge in [0.1, 0.15) is 12.4 Å². The van der Waals surface area contributed by atoms with Gasteiger partial charge in [-0.25, -0.2) is 4.99 Å². The van der Waals surface area contributed by atoms with Crippen molar-refractivity contribution in [3.8, 4) is 0 Å². The Hall–Kier alpha value is -1.67. The zero-order valence-corrected chi connectivity index (χ0v) is 16.1. The molecule has 0 spiro atoms. The molecule has 0 amide bonds. The van der Waals surface area contributed by atoms with Crippen LogP contribution in [-0.4, -0.2) is 71.6 Å². The Morgan fingerprint density at radius 2 is 2.00 bits per heavy atom. The maximum atomic E-state index is 5.38. The highest BCUT2D eigenvalue weighted by Crippen LogP contribution is 2.00. The minimum absolute atomic E-state index is 0.522. The van der Waals surface area contributed by atoms with Crippen molar-refractivity contribution in [1.29, 1.82) is 0 Å². The monoisotopic (exact) mass is 351 g/mol. The van der Waals surface area contributed by atoms with Crippen LogP contribution in [0.4, 0.5) is 0 Å². The zero-order valence-electron chi connectivity index (χ0n) is 16.1. The van der Waals surface area contributed by atoms with Crippen molar-refractivity contribution in [1.82, 2.24) is 30.3 Å². The molecule has 25 heavy (non-hydrogen) atoms. The molecule has 8 heteroatoms. The van der Waals surface area contributed by atoms with Gasteiger partial charge in [0.25, 0.3) is 0 Å². The number of ether oxygens (including phenoxy) is 1. The first-order valence-electron chi connectivity index (χ1n) is 9.23. The second-order valence-electron chi connectivity index (χ2n) is 6.90. The van der Waals surface area contributed by atoms with Crippen molar-refractivity contribution in [3.63, 3.8) is 0 Å². The van der Waals surface area contributed by atoms with Crippen molar-refractivity contribution in [2.24, 2.45) is 18.0 Å². The zero-order chi connectivity index (χ0) is 18.1. The lowest BCUT2D eigenvalue weighted by atomic mass is 10.2. The fourth-order valence-electron chi connectivity index (χ4n) is 2.55. The molecule has 8 nitrogen and oxygen atoms in total. The number of nitrogens with one attached hydrogen (secondary N) is 2. The third-order valence-electron chi connectivity index (χ3n) is 4.29. The van der Waals surface area contributed by atoms with Gasteiger partial charge in [0.2, 0.25) is 0 Å². The van der Waals surface area contributed by atoms with Crippen LogP contribution in [-0.2, 0) is 18.3 Å². The molecule has 0 bridgehead atoms. The Kier molecular flexibility index (Phi) is 8.14. The van der Waals surface area contributed by atoms with Gasteiger partial charge < -0.3 is 19.9 Å². The summed E-state index contributed by atoms with van der Waals surface area (Å²) in [6, 6.07) is 0. The molecule has 0 saturated carbocycles. The molecule has 2 heterocycles. The highest BCUT2D eigenvalue weighted by molar-refractivity contribution is 5.79. The van der Waals surface area contributed by atoms with Crippen LogP contribution in [0.5, 0.6) is 0 Å². The molecular weight excluding hydrogens is 318 g/mol. The second kappa shape index (κ2) is 10.4. The van der Waals surface area contributed by atoms with Crippen LogP contribution < -0.4 is 10.6 Å². The molecule has 1 fully saturated rings. The number of guanidine groups is 1. The number of aliphatic imine (C=N–C) groups is 1. The number of morpholine rings is 1. The van der Waals surface area contributed by atoms with Crippen LogP contribution in [0.2, 0.25) is 0 Å². The Morgan fingerprint density at radius 3 is 2.64 bits per heavy atom.